The Morgan fingerprint density at radius 2 is 2.00 bits per heavy atom. The van der Waals surface area contributed by atoms with Crippen molar-refractivity contribution in [1.29, 1.82) is 0 Å². The lowest BCUT2D eigenvalue weighted by Crippen LogP contribution is -2.48. The molecule has 0 spiro atoms. The second-order valence-electron chi connectivity index (χ2n) is 5.06. The van der Waals surface area contributed by atoms with E-state index in [-0.39, 0.29) is 13.0 Å². The molecule has 0 saturated heterocycles. The molecule has 2 atom stereocenters. The van der Waals surface area contributed by atoms with E-state index in [1.807, 2.05) is 30.3 Å². The Morgan fingerprint density at radius 1 is 1.33 bits per heavy atom. The van der Waals surface area contributed by atoms with E-state index < -0.39 is 17.7 Å². The van der Waals surface area contributed by atoms with Gasteiger partial charge in [0.25, 0.3) is 0 Å². The van der Waals surface area contributed by atoms with Crippen LogP contribution < -0.4 is 0 Å². The summed E-state index contributed by atoms with van der Waals surface area (Å²) in [5, 5.41) is 19.8. The number of carbonyl (C=O) groups is 1. The zero-order chi connectivity index (χ0) is 15.7. The Balaban J connectivity index is 2.24. The number of rotatable bonds is 9. The molecule has 0 radical (unpaired) electrons. The first-order valence-electron chi connectivity index (χ1n) is 7.17. The third kappa shape index (κ3) is 5.83. The van der Waals surface area contributed by atoms with Gasteiger partial charge in [0, 0.05) is 6.61 Å². The largest absolute Gasteiger partial charge is 0.464 e. The van der Waals surface area contributed by atoms with E-state index in [0.29, 0.717) is 19.6 Å². The summed E-state index contributed by atoms with van der Waals surface area (Å²) < 4.78 is 10.2. The highest BCUT2D eigenvalue weighted by molar-refractivity contribution is 5.79. The average Bonchev–Trinajstić information content (AvgIpc) is 2.48. The molecule has 1 aromatic rings. The summed E-state index contributed by atoms with van der Waals surface area (Å²) in [7, 11) is 0. The van der Waals surface area contributed by atoms with Gasteiger partial charge in [-0.05, 0) is 32.3 Å². The van der Waals surface area contributed by atoms with E-state index in [0.717, 1.165) is 5.56 Å². The van der Waals surface area contributed by atoms with E-state index in [4.69, 9.17) is 9.47 Å². The van der Waals surface area contributed by atoms with Crippen LogP contribution >= 0.6 is 0 Å². The van der Waals surface area contributed by atoms with Crippen LogP contribution in [-0.4, -0.2) is 41.1 Å². The fraction of sp³-hybridized carbons (Fsp3) is 0.562. The highest BCUT2D eigenvalue weighted by Crippen LogP contribution is 2.17. The second kappa shape index (κ2) is 8.77. The van der Waals surface area contributed by atoms with Gasteiger partial charge >= 0.3 is 5.97 Å². The lowest BCUT2D eigenvalue weighted by molar-refractivity contribution is -0.175. The molecule has 0 aliphatic rings. The monoisotopic (exact) mass is 296 g/mol. The molecule has 21 heavy (non-hydrogen) atoms. The third-order valence-electron chi connectivity index (χ3n) is 3.22. The average molecular weight is 296 g/mol. The zero-order valence-corrected chi connectivity index (χ0v) is 12.6. The number of aliphatic hydroxyl groups excluding tert-OH is 1. The van der Waals surface area contributed by atoms with Gasteiger partial charge in [-0.3, -0.25) is 0 Å². The molecule has 2 N–H and O–H groups in total. The van der Waals surface area contributed by atoms with Crippen molar-refractivity contribution in [3.8, 4) is 0 Å². The van der Waals surface area contributed by atoms with Crippen LogP contribution in [0, 0.1) is 0 Å². The van der Waals surface area contributed by atoms with Crippen LogP contribution in [0.5, 0.6) is 0 Å². The van der Waals surface area contributed by atoms with Gasteiger partial charge in [0.05, 0.1) is 19.3 Å². The molecule has 5 heteroatoms. The van der Waals surface area contributed by atoms with Gasteiger partial charge in [0.2, 0.25) is 0 Å². The summed E-state index contributed by atoms with van der Waals surface area (Å²) >= 11 is 0. The number of aliphatic hydroxyl groups is 2. The van der Waals surface area contributed by atoms with Crippen molar-refractivity contribution in [3.63, 3.8) is 0 Å². The van der Waals surface area contributed by atoms with Gasteiger partial charge in [-0.25, -0.2) is 4.79 Å². The van der Waals surface area contributed by atoms with Crippen molar-refractivity contribution < 1.29 is 24.5 Å². The molecule has 0 saturated carbocycles. The summed E-state index contributed by atoms with van der Waals surface area (Å²) in [4.78, 5) is 11.5. The Labute approximate surface area is 125 Å². The van der Waals surface area contributed by atoms with Crippen LogP contribution in [-0.2, 0) is 20.9 Å². The maximum absolute atomic E-state index is 11.5. The topological polar surface area (TPSA) is 76.0 Å². The predicted molar refractivity (Wildman–Crippen MR) is 78.6 cm³/mol. The first-order valence-corrected chi connectivity index (χ1v) is 7.17. The number of esters is 1. The zero-order valence-electron chi connectivity index (χ0n) is 12.6. The molecule has 0 aromatic heterocycles. The van der Waals surface area contributed by atoms with Crippen molar-refractivity contribution in [2.75, 3.05) is 13.2 Å². The number of ether oxygens (including phenoxy) is 2. The molecule has 1 aromatic carbocycles. The molecule has 118 valence electrons. The number of hydrogen-bond acceptors (Lipinski definition) is 5. The number of hydrogen-bond donors (Lipinski definition) is 2. The van der Waals surface area contributed by atoms with E-state index in [1.165, 1.54) is 6.92 Å². The van der Waals surface area contributed by atoms with Crippen LogP contribution in [0.4, 0.5) is 0 Å². The molecule has 0 aliphatic carbocycles. The highest BCUT2D eigenvalue weighted by Gasteiger charge is 2.39. The molecular weight excluding hydrogens is 272 g/mol. The SMILES string of the molecule is CCOC(=O)[C@](C)(O)[C@@H](O)CCCOCc1ccccc1. The summed E-state index contributed by atoms with van der Waals surface area (Å²) in [6.45, 7) is 4.04. The number of benzene rings is 1. The van der Waals surface area contributed by atoms with Crippen molar-refractivity contribution in [2.24, 2.45) is 0 Å². The lowest BCUT2D eigenvalue weighted by atomic mass is 9.95. The van der Waals surface area contributed by atoms with Crippen LogP contribution in [0.3, 0.4) is 0 Å². The smallest absolute Gasteiger partial charge is 0.340 e. The minimum atomic E-state index is -1.88. The van der Waals surface area contributed by atoms with Crippen molar-refractivity contribution >= 4 is 5.97 Å². The fourth-order valence-electron chi connectivity index (χ4n) is 1.84. The maximum atomic E-state index is 11.5. The second-order valence-corrected chi connectivity index (χ2v) is 5.06. The van der Waals surface area contributed by atoms with Crippen molar-refractivity contribution in [1.82, 2.24) is 0 Å². The first-order chi connectivity index (χ1) is 9.98. The van der Waals surface area contributed by atoms with E-state index in [2.05, 4.69) is 0 Å². The van der Waals surface area contributed by atoms with E-state index >= 15 is 0 Å². The van der Waals surface area contributed by atoms with Crippen LogP contribution in [0.25, 0.3) is 0 Å². The summed E-state index contributed by atoms with van der Waals surface area (Å²) in [5.74, 6) is -0.803. The normalized spacial score (nSPS) is 15.2. The fourth-order valence-corrected chi connectivity index (χ4v) is 1.84. The maximum Gasteiger partial charge on any atom is 0.340 e. The summed E-state index contributed by atoms with van der Waals surface area (Å²) in [5.41, 5.74) is -0.799. The first kappa shape index (κ1) is 17.6. The van der Waals surface area contributed by atoms with Gasteiger partial charge in [-0.2, -0.15) is 0 Å². The van der Waals surface area contributed by atoms with Crippen LogP contribution in [0.15, 0.2) is 30.3 Å². The predicted octanol–water partition coefficient (Wildman–Crippen LogP) is 1.66. The Morgan fingerprint density at radius 3 is 2.62 bits per heavy atom. The van der Waals surface area contributed by atoms with Crippen molar-refractivity contribution in [3.05, 3.63) is 35.9 Å². The minimum absolute atomic E-state index is 0.169. The summed E-state index contributed by atoms with van der Waals surface area (Å²) in [6.07, 6.45) is -0.360. The van der Waals surface area contributed by atoms with Gasteiger partial charge in [-0.1, -0.05) is 30.3 Å². The Kier molecular flexibility index (Phi) is 7.36. The molecule has 5 nitrogen and oxygen atoms in total. The van der Waals surface area contributed by atoms with E-state index in [9.17, 15) is 15.0 Å². The highest BCUT2D eigenvalue weighted by atomic mass is 16.6. The van der Waals surface area contributed by atoms with Crippen molar-refractivity contribution in [2.45, 2.75) is 45.0 Å². The van der Waals surface area contributed by atoms with Crippen LogP contribution in [0.2, 0.25) is 0 Å². The Hall–Kier alpha value is -1.43. The van der Waals surface area contributed by atoms with Gasteiger partial charge in [-0.15, -0.1) is 0 Å². The molecule has 0 unspecified atom stereocenters. The summed E-state index contributed by atoms with van der Waals surface area (Å²) in [6, 6.07) is 9.77. The molecular formula is C16H24O5. The number of carbonyl (C=O) groups excluding carboxylic acids is 1. The van der Waals surface area contributed by atoms with Gasteiger partial charge in [0.15, 0.2) is 5.60 Å². The lowest BCUT2D eigenvalue weighted by Gasteiger charge is -2.26. The molecule has 0 heterocycles. The molecule has 0 fully saturated rings. The van der Waals surface area contributed by atoms with Crippen LogP contribution in [0.1, 0.15) is 32.3 Å². The molecule has 0 amide bonds. The quantitative estimate of drug-likeness (QED) is 0.535. The Bertz CT molecular complexity index is 416. The standard InChI is InChI=1S/C16H24O5/c1-3-21-15(18)16(2,19)14(17)10-7-11-20-12-13-8-5-4-6-9-13/h4-6,8-9,14,17,19H,3,7,10-12H2,1-2H3/t14-,16+/m0/s1. The van der Waals surface area contributed by atoms with E-state index in [1.54, 1.807) is 6.92 Å². The molecule has 1 rings (SSSR count). The van der Waals surface area contributed by atoms with Gasteiger partial charge in [0.1, 0.15) is 0 Å². The molecule has 0 bridgehead atoms. The third-order valence-corrected chi connectivity index (χ3v) is 3.22. The molecule has 0 aliphatic heterocycles. The minimum Gasteiger partial charge on any atom is -0.464 e. The van der Waals surface area contributed by atoms with Gasteiger partial charge < -0.3 is 19.7 Å².